The van der Waals surface area contributed by atoms with Crippen LogP contribution >= 0.6 is 0 Å². The average molecular weight is 477 g/mol. The van der Waals surface area contributed by atoms with Crippen LogP contribution in [0.15, 0.2) is 78.9 Å². The molecule has 0 unspecified atom stereocenters. The van der Waals surface area contributed by atoms with Gasteiger partial charge in [0.1, 0.15) is 23.3 Å². The molecular formula is C28H32N2O5. The zero-order chi connectivity index (χ0) is 25.0. The Kier molecular flexibility index (Phi) is 9.54. The molecule has 35 heavy (non-hydrogen) atoms. The molecule has 7 nitrogen and oxygen atoms in total. The van der Waals surface area contributed by atoms with Crippen molar-refractivity contribution in [3.8, 4) is 17.2 Å². The fraction of sp³-hybridized carbons (Fsp3) is 0.286. The minimum absolute atomic E-state index is 0.207. The Hall–Kier alpha value is -4.00. The van der Waals surface area contributed by atoms with Gasteiger partial charge in [0.25, 0.3) is 5.91 Å². The van der Waals surface area contributed by atoms with E-state index in [2.05, 4.69) is 5.32 Å². The van der Waals surface area contributed by atoms with Crippen LogP contribution in [0.5, 0.6) is 17.2 Å². The van der Waals surface area contributed by atoms with E-state index in [0.717, 1.165) is 11.1 Å². The monoisotopic (exact) mass is 476 g/mol. The second-order valence-electron chi connectivity index (χ2n) is 7.94. The van der Waals surface area contributed by atoms with Gasteiger partial charge in [0.2, 0.25) is 5.91 Å². The molecule has 0 aliphatic carbocycles. The number of nitrogens with zero attached hydrogens (tertiary/aromatic N) is 1. The maximum Gasteiger partial charge on any atom is 0.261 e. The summed E-state index contributed by atoms with van der Waals surface area (Å²) in [6, 6.07) is 23.4. The van der Waals surface area contributed by atoms with Gasteiger partial charge in [-0.15, -0.1) is 0 Å². The molecule has 3 rings (SSSR count). The van der Waals surface area contributed by atoms with E-state index in [1.54, 1.807) is 43.4 Å². The molecule has 2 amide bonds. The van der Waals surface area contributed by atoms with Crippen LogP contribution in [0.3, 0.4) is 0 Å². The molecule has 0 saturated heterocycles. The molecular weight excluding hydrogens is 444 g/mol. The van der Waals surface area contributed by atoms with E-state index >= 15 is 0 Å². The number of carbonyl (C=O) groups excluding carboxylic acids is 2. The van der Waals surface area contributed by atoms with Crippen molar-refractivity contribution in [3.05, 3.63) is 90.0 Å². The Morgan fingerprint density at radius 1 is 0.829 bits per heavy atom. The summed E-state index contributed by atoms with van der Waals surface area (Å²) < 4.78 is 16.3. The second-order valence-corrected chi connectivity index (χ2v) is 7.94. The van der Waals surface area contributed by atoms with Crippen LogP contribution in [0.25, 0.3) is 0 Å². The van der Waals surface area contributed by atoms with Crippen molar-refractivity contribution < 1.29 is 23.8 Å². The molecule has 0 fully saturated rings. The van der Waals surface area contributed by atoms with Crippen LogP contribution in [-0.2, 0) is 22.6 Å². The van der Waals surface area contributed by atoms with Crippen LogP contribution in [-0.4, -0.2) is 50.1 Å². The number of rotatable bonds is 12. The number of ether oxygens (including phenoxy) is 3. The smallest absolute Gasteiger partial charge is 0.261 e. The SMILES string of the molecule is CCNC(=O)[C@H](Cc1ccccc1)N(Cc1cccc(OC)c1)C(=O)COc1ccc(OC)cc1. The summed E-state index contributed by atoms with van der Waals surface area (Å²) in [5, 5.41) is 2.88. The van der Waals surface area contributed by atoms with Crippen LogP contribution in [0.4, 0.5) is 0 Å². The maximum atomic E-state index is 13.5. The van der Waals surface area contributed by atoms with Gasteiger partial charge in [-0.1, -0.05) is 42.5 Å². The second kappa shape index (κ2) is 13.0. The number of hydrogen-bond acceptors (Lipinski definition) is 5. The van der Waals surface area contributed by atoms with E-state index < -0.39 is 6.04 Å². The average Bonchev–Trinajstić information content (AvgIpc) is 2.90. The van der Waals surface area contributed by atoms with Gasteiger partial charge >= 0.3 is 0 Å². The van der Waals surface area contributed by atoms with Crippen molar-refractivity contribution in [3.63, 3.8) is 0 Å². The number of benzene rings is 3. The molecule has 7 heteroatoms. The van der Waals surface area contributed by atoms with Gasteiger partial charge < -0.3 is 24.4 Å². The molecule has 1 N–H and O–H groups in total. The molecule has 0 aromatic heterocycles. The highest BCUT2D eigenvalue weighted by Gasteiger charge is 2.30. The summed E-state index contributed by atoms with van der Waals surface area (Å²) >= 11 is 0. The Bertz CT molecular complexity index is 1090. The van der Waals surface area contributed by atoms with Crippen molar-refractivity contribution in [1.29, 1.82) is 0 Å². The molecule has 3 aromatic carbocycles. The summed E-state index contributed by atoms with van der Waals surface area (Å²) in [5.41, 5.74) is 1.81. The predicted octanol–water partition coefficient (Wildman–Crippen LogP) is 3.86. The van der Waals surface area contributed by atoms with E-state index in [-0.39, 0.29) is 25.0 Å². The van der Waals surface area contributed by atoms with Crippen LogP contribution in [0.1, 0.15) is 18.1 Å². The van der Waals surface area contributed by atoms with Crippen molar-refractivity contribution in [2.75, 3.05) is 27.4 Å². The fourth-order valence-corrected chi connectivity index (χ4v) is 3.71. The normalized spacial score (nSPS) is 11.3. The molecule has 0 aliphatic heterocycles. The Morgan fingerprint density at radius 2 is 1.49 bits per heavy atom. The lowest BCUT2D eigenvalue weighted by atomic mass is 10.0. The maximum absolute atomic E-state index is 13.5. The molecule has 0 bridgehead atoms. The zero-order valence-electron chi connectivity index (χ0n) is 20.4. The van der Waals surface area contributed by atoms with Crippen LogP contribution < -0.4 is 19.5 Å². The predicted molar refractivity (Wildman–Crippen MR) is 135 cm³/mol. The van der Waals surface area contributed by atoms with Gasteiger partial charge in [-0.25, -0.2) is 0 Å². The van der Waals surface area contributed by atoms with E-state index in [1.165, 1.54) is 0 Å². The summed E-state index contributed by atoms with van der Waals surface area (Å²) in [5.74, 6) is 1.41. The minimum Gasteiger partial charge on any atom is -0.497 e. The highest BCUT2D eigenvalue weighted by Crippen LogP contribution is 2.20. The fourth-order valence-electron chi connectivity index (χ4n) is 3.71. The van der Waals surface area contributed by atoms with E-state index in [0.29, 0.717) is 30.2 Å². The third kappa shape index (κ3) is 7.50. The number of carbonyl (C=O) groups is 2. The Labute approximate surface area is 206 Å². The first-order chi connectivity index (χ1) is 17.0. The topological polar surface area (TPSA) is 77.1 Å². The van der Waals surface area contributed by atoms with Crippen molar-refractivity contribution >= 4 is 11.8 Å². The summed E-state index contributed by atoms with van der Waals surface area (Å²) in [6.07, 6.45) is 0.380. The third-order valence-corrected chi connectivity index (χ3v) is 5.53. The molecule has 0 heterocycles. The quantitative estimate of drug-likeness (QED) is 0.430. The van der Waals surface area contributed by atoms with Gasteiger partial charge in [-0.3, -0.25) is 9.59 Å². The highest BCUT2D eigenvalue weighted by molar-refractivity contribution is 5.88. The number of methoxy groups -OCH3 is 2. The Morgan fingerprint density at radius 3 is 2.14 bits per heavy atom. The van der Waals surface area contributed by atoms with E-state index in [4.69, 9.17) is 14.2 Å². The molecule has 0 aliphatic rings. The first kappa shape index (κ1) is 25.6. The lowest BCUT2D eigenvalue weighted by molar-refractivity contribution is -0.142. The molecule has 184 valence electrons. The molecule has 1 atom stereocenters. The van der Waals surface area contributed by atoms with Gasteiger partial charge in [-0.05, 0) is 54.4 Å². The zero-order valence-corrected chi connectivity index (χ0v) is 20.4. The molecule has 0 radical (unpaired) electrons. The highest BCUT2D eigenvalue weighted by atomic mass is 16.5. The van der Waals surface area contributed by atoms with E-state index in [9.17, 15) is 9.59 Å². The minimum atomic E-state index is -0.712. The molecule has 0 saturated carbocycles. The number of hydrogen-bond donors (Lipinski definition) is 1. The summed E-state index contributed by atoms with van der Waals surface area (Å²) in [4.78, 5) is 28.3. The standard InChI is InChI=1S/C28H32N2O5/c1-4-29-28(32)26(18-21-9-6-5-7-10-21)30(19-22-11-8-12-25(17-22)34-3)27(31)20-35-24-15-13-23(33-2)14-16-24/h5-17,26H,4,18-20H2,1-3H3,(H,29,32)/t26-/m0/s1. The van der Waals surface area contributed by atoms with Gasteiger partial charge in [-0.2, -0.15) is 0 Å². The first-order valence-electron chi connectivity index (χ1n) is 11.5. The van der Waals surface area contributed by atoms with Crippen molar-refractivity contribution in [2.45, 2.75) is 25.9 Å². The van der Waals surface area contributed by atoms with Gasteiger partial charge in [0.05, 0.1) is 14.2 Å². The largest absolute Gasteiger partial charge is 0.497 e. The van der Waals surface area contributed by atoms with Crippen molar-refractivity contribution in [2.24, 2.45) is 0 Å². The van der Waals surface area contributed by atoms with Crippen LogP contribution in [0.2, 0.25) is 0 Å². The summed E-state index contributed by atoms with van der Waals surface area (Å²) in [7, 11) is 3.18. The van der Waals surface area contributed by atoms with Gasteiger partial charge in [0.15, 0.2) is 6.61 Å². The van der Waals surface area contributed by atoms with Crippen LogP contribution in [0, 0.1) is 0 Å². The number of nitrogens with one attached hydrogen (secondary N) is 1. The molecule has 0 spiro atoms. The third-order valence-electron chi connectivity index (χ3n) is 5.53. The Balaban J connectivity index is 1.88. The number of amides is 2. The summed E-state index contributed by atoms with van der Waals surface area (Å²) in [6.45, 7) is 2.35. The van der Waals surface area contributed by atoms with E-state index in [1.807, 2.05) is 61.5 Å². The lowest BCUT2D eigenvalue weighted by Crippen LogP contribution is -2.51. The number of likely N-dealkylation sites (N-methyl/N-ethyl adjacent to an activating group) is 1. The lowest BCUT2D eigenvalue weighted by Gasteiger charge is -2.31. The molecule has 3 aromatic rings. The van der Waals surface area contributed by atoms with Gasteiger partial charge in [0, 0.05) is 19.5 Å². The van der Waals surface area contributed by atoms with Crippen molar-refractivity contribution in [1.82, 2.24) is 10.2 Å². The first-order valence-corrected chi connectivity index (χ1v) is 11.5.